The molecule has 0 amide bonds. The number of rotatable bonds is 7. The quantitative estimate of drug-likeness (QED) is 0.461. The highest BCUT2D eigenvalue weighted by Crippen LogP contribution is 2.35. The Hall–Kier alpha value is -3.11. The number of hydrogen-bond donors (Lipinski definition) is 1. The number of nitrogens with zero attached hydrogens (tertiary/aromatic N) is 2. The Kier molecular flexibility index (Phi) is 7.23. The van der Waals surface area contributed by atoms with Crippen molar-refractivity contribution in [3.63, 3.8) is 0 Å². The maximum absolute atomic E-state index is 13.6. The molecule has 0 saturated heterocycles. The van der Waals surface area contributed by atoms with Gasteiger partial charge in [0.25, 0.3) is 0 Å². The van der Waals surface area contributed by atoms with Gasteiger partial charge in [0.05, 0.1) is 5.02 Å². The fraction of sp³-hybridized carbons (Fsp3) is 0.304. The summed E-state index contributed by atoms with van der Waals surface area (Å²) in [7, 11) is 0.831. The minimum absolute atomic E-state index is 0.0304. The predicted molar refractivity (Wildman–Crippen MR) is 118 cm³/mol. The average Bonchev–Trinajstić information content (AvgIpc) is 2.78. The molecule has 180 valence electrons. The molecule has 0 radical (unpaired) electrons. The highest BCUT2D eigenvalue weighted by atomic mass is 35.5. The van der Waals surface area contributed by atoms with Crippen LogP contribution in [0.25, 0.3) is 22.8 Å². The number of halogens is 5. The number of aryl methyl sites for hydroxylation is 2. The maximum Gasteiger partial charge on any atom is 0.424 e. The van der Waals surface area contributed by atoms with Crippen LogP contribution in [0.1, 0.15) is 24.5 Å². The van der Waals surface area contributed by atoms with E-state index >= 15 is 0 Å². The number of carbonyl (C=O) groups excluding carboxylic acids is 1. The number of ether oxygens (including phenoxy) is 1. The van der Waals surface area contributed by atoms with Gasteiger partial charge in [-0.05, 0) is 61.7 Å². The van der Waals surface area contributed by atoms with Gasteiger partial charge in [0.1, 0.15) is 11.6 Å². The second-order valence-electron chi connectivity index (χ2n) is 7.76. The smallest absolute Gasteiger partial charge is 0.362 e. The van der Waals surface area contributed by atoms with E-state index in [4.69, 9.17) is 11.6 Å². The van der Waals surface area contributed by atoms with Gasteiger partial charge >= 0.3 is 11.9 Å². The molecule has 0 fully saturated rings. The zero-order chi connectivity index (χ0) is 25.3. The summed E-state index contributed by atoms with van der Waals surface area (Å²) < 4.78 is 57.8. The Balaban J connectivity index is 1.92. The highest BCUT2D eigenvalue weighted by molar-refractivity contribution is 6.33. The SMILES string of the molecule is CO[C@](C)(C(=O)CCc1ccc(Cl)c(-c2nc(-c3ccc(F)c(C)c3)nc(=O)[nH]2)c1)C(F)(F)F. The molecule has 0 aliphatic carbocycles. The van der Waals surface area contributed by atoms with Crippen molar-refractivity contribution >= 4 is 17.4 Å². The molecule has 0 spiro atoms. The highest BCUT2D eigenvalue weighted by Gasteiger charge is 2.56. The summed E-state index contributed by atoms with van der Waals surface area (Å²) in [6.45, 7) is 2.24. The summed E-state index contributed by atoms with van der Waals surface area (Å²) >= 11 is 6.28. The van der Waals surface area contributed by atoms with Gasteiger partial charge in [0.2, 0.25) is 5.60 Å². The molecule has 3 aromatic rings. The van der Waals surface area contributed by atoms with Crippen molar-refractivity contribution in [1.29, 1.82) is 0 Å². The molecule has 0 aliphatic heterocycles. The molecular formula is C23H20ClF4N3O3. The second kappa shape index (κ2) is 9.63. The van der Waals surface area contributed by atoms with Crippen molar-refractivity contribution < 1.29 is 27.1 Å². The number of hydrogen-bond acceptors (Lipinski definition) is 5. The minimum atomic E-state index is -4.86. The summed E-state index contributed by atoms with van der Waals surface area (Å²) in [4.78, 5) is 35.0. The van der Waals surface area contributed by atoms with Gasteiger partial charge in [0, 0.05) is 24.7 Å². The normalized spacial score (nSPS) is 13.5. The summed E-state index contributed by atoms with van der Waals surface area (Å²) in [6, 6.07) is 8.71. The van der Waals surface area contributed by atoms with Crippen LogP contribution >= 0.6 is 11.6 Å². The van der Waals surface area contributed by atoms with Gasteiger partial charge in [-0.25, -0.2) is 14.2 Å². The van der Waals surface area contributed by atoms with Gasteiger partial charge < -0.3 is 4.74 Å². The fourth-order valence-electron chi connectivity index (χ4n) is 3.22. The number of aromatic nitrogens is 3. The zero-order valence-corrected chi connectivity index (χ0v) is 19.1. The lowest BCUT2D eigenvalue weighted by Crippen LogP contribution is -2.51. The summed E-state index contributed by atoms with van der Waals surface area (Å²) in [5.74, 6) is -1.44. The van der Waals surface area contributed by atoms with Crippen LogP contribution in [-0.2, 0) is 16.0 Å². The van der Waals surface area contributed by atoms with Gasteiger partial charge in [-0.3, -0.25) is 9.78 Å². The Morgan fingerprint density at radius 1 is 1.15 bits per heavy atom. The lowest BCUT2D eigenvalue weighted by Gasteiger charge is -2.29. The third-order valence-corrected chi connectivity index (χ3v) is 5.80. The standard InChI is InChI=1S/C23H20ClF4N3O3/c1-12-10-14(6-8-17(12)25)19-29-20(31-21(33)30-19)15-11-13(4-7-16(15)24)5-9-18(32)22(2,34-3)23(26,27)28/h4,6-8,10-11H,5,9H2,1-3H3,(H,29,30,31,33)/t22-/m1/s1. The minimum Gasteiger partial charge on any atom is -0.362 e. The number of carbonyl (C=O) groups is 1. The van der Waals surface area contributed by atoms with E-state index in [0.717, 1.165) is 7.11 Å². The number of nitrogens with one attached hydrogen (secondary N) is 1. The van der Waals surface area contributed by atoms with Crippen LogP contribution in [0.3, 0.4) is 0 Å². The van der Waals surface area contributed by atoms with Crippen molar-refractivity contribution in [2.45, 2.75) is 38.5 Å². The molecule has 1 N–H and O–H groups in total. The molecule has 0 saturated carbocycles. The van der Waals surface area contributed by atoms with Crippen LogP contribution in [0.15, 0.2) is 41.2 Å². The van der Waals surface area contributed by atoms with E-state index in [1.807, 2.05) is 0 Å². The van der Waals surface area contributed by atoms with Crippen molar-refractivity contribution in [1.82, 2.24) is 15.0 Å². The first kappa shape index (κ1) is 25.5. The van der Waals surface area contributed by atoms with Crippen LogP contribution in [0, 0.1) is 12.7 Å². The van der Waals surface area contributed by atoms with Crippen LogP contribution in [0.2, 0.25) is 5.02 Å². The van der Waals surface area contributed by atoms with Crippen molar-refractivity contribution in [2.75, 3.05) is 7.11 Å². The fourth-order valence-corrected chi connectivity index (χ4v) is 3.43. The third kappa shape index (κ3) is 5.18. The van der Waals surface area contributed by atoms with Crippen molar-refractivity contribution in [3.05, 3.63) is 68.8 Å². The Morgan fingerprint density at radius 2 is 1.85 bits per heavy atom. The van der Waals surface area contributed by atoms with E-state index in [-0.39, 0.29) is 28.7 Å². The molecule has 6 nitrogen and oxygen atoms in total. The Labute approximate surface area is 197 Å². The lowest BCUT2D eigenvalue weighted by molar-refractivity contribution is -0.252. The number of aromatic amines is 1. The molecule has 1 atom stereocenters. The van der Waals surface area contributed by atoms with Gasteiger partial charge in [-0.2, -0.15) is 18.2 Å². The lowest BCUT2D eigenvalue weighted by atomic mass is 9.94. The van der Waals surface area contributed by atoms with Crippen molar-refractivity contribution in [3.8, 4) is 22.8 Å². The van der Waals surface area contributed by atoms with E-state index in [1.54, 1.807) is 13.0 Å². The maximum atomic E-state index is 13.6. The molecule has 1 heterocycles. The first-order valence-electron chi connectivity index (χ1n) is 10.0. The first-order chi connectivity index (χ1) is 15.9. The second-order valence-corrected chi connectivity index (χ2v) is 8.17. The topological polar surface area (TPSA) is 84.9 Å². The van der Waals surface area contributed by atoms with E-state index in [1.165, 1.54) is 30.3 Å². The summed E-state index contributed by atoms with van der Waals surface area (Å²) in [6.07, 6.45) is -5.33. The van der Waals surface area contributed by atoms with Gasteiger partial charge in [0.15, 0.2) is 11.6 Å². The van der Waals surface area contributed by atoms with E-state index in [0.29, 0.717) is 23.6 Å². The van der Waals surface area contributed by atoms with E-state index in [9.17, 15) is 27.2 Å². The van der Waals surface area contributed by atoms with Crippen LogP contribution in [0.4, 0.5) is 17.6 Å². The Bertz CT molecular complexity index is 1290. The number of alkyl halides is 3. The number of benzene rings is 2. The molecule has 1 aromatic heterocycles. The molecule has 2 aromatic carbocycles. The largest absolute Gasteiger partial charge is 0.424 e. The first-order valence-corrected chi connectivity index (χ1v) is 10.4. The molecule has 3 rings (SSSR count). The molecular weight excluding hydrogens is 478 g/mol. The average molecular weight is 498 g/mol. The summed E-state index contributed by atoms with van der Waals surface area (Å²) in [5, 5.41) is 0.211. The molecule has 0 unspecified atom stereocenters. The molecule has 34 heavy (non-hydrogen) atoms. The van der Waals surface area contributed by atoms with Crippen LogP contribution in [-0.4, -0.2) is 39.6 Å². The van der Waals surface area contributed by atoms with Crippen molar-refractivity contribution in [2.24, 2.45) is 0 Å². The Morgan fingerprint density at radius 3 is 2.47 bits per heavy atom. The number of ketones is 1. The van der Waals surface area contributed by atoms with E-state index < -0.39 is 35.5 Å². The van der Waals surface area contributed by atoms with E-state index in [2.05, 4.69) is 19.7 Å². The number of Topliss-reactive ketones (excluding diaryl/α,β-unsaturated/α-hetero) is 1. The predicted octanol–water partition coefficient (Wildman–Crippen LogP) is 5.07. The number of methoxy groups -OCH3 is 1. The molecule has 0 bridgehead atoms. The molecule has 0 aliphatic rings. The zero-order valence-electron chi connectivity index (χ0n) is 18.4. The summed E-state index contributed by atoms with van der Waals surface area (Å²) in [5.41, 5.74) is -2.10. The third-order valence-electron chi connectivity index (χ3n) is 5.47. The van der Waals surface area contributed by atoms with Crippen LogP contribution in [0.5, 0.6) is 0 Å². The van der Waals surface area contributed by atoms with Crippen LogP contribution < -0.4 is 5.69 Å². The molecule has 11 heteroatoms. The van der Waals surface area contributed by atoms with Gasteiger partial charge in [-0.1, -0.05) is 17.7 Å². The number of H-pyrrole nitrogens is 1. The van der Waals surface area contributed by atoms with Gasteiger partial charge in [-0.15, -0.1) is 0 Å². The monoisotopic (exact) mass is 497 g/mol.